The second-order valence-corrected chi connectivity index (χ2v) is 8.60. The molecular weight excluding hydrogens is 350 g/mol. The number of thiazole rings is 1. The number of benzene rings is 2. The largest absolute Gasteiger partial charge is 0.300 e. The van der Waals surface area contributed by atoms with E-state index < -0.39 is 0 Å². The Morgan fingerprint density at radius 1 is 1.07 bits per heavy atom. The summed E-state index contributed by atoms with van der Waals surface area (Å²) in [5.41, 5.74) is 4.53. The van der Waals surface area contributed by atoms with Crippen LogP contribution in [0.1, 0.15) is 24.8 Å². The highest BCUT2D eigenvalue weighted by atomic mass is 32.1. The summed E-state index contributed by atoms with van der Waals surface area (Å²) < 4.78 is 1.27. The molecule has 0 aliphatic carbocycles. The Hall–Kier alpha value is -2.30. The topological polar surface area (TPSA) is 29.0 Å². The number of fused-ring (bicyclic) bond motifs is 2. The summed E-state index contributed by atoms with van der Waals surface area (Å²) in [6.07, 6.45) is 5.70. The highest BCUT2D eigenvalue weighted by Gasteiger charge is 2.20. The average Bonchev–Trinajstić information content (AvgIpc) is 3.30. The van der Waals surface area contributed by atoms with E-state index in [0.717, 1.165) is 35.6 Å². The molecule has 4 heteroatoms. The summed E-state index contributed by atoms with van der Waals surface area (Å²) in [6.45, 7) is 4.71. The van der Waals surface area contributed by atoms with Crippen molar-refractivity contribution >= 4 is 32.5 Å². The van der Waals surface area contributed by atoms with Crippen LogP contribution in [-0.2, 0) is 6.42 Å². The predicted octanol–water partition coefficient (Wildman–Crippen LogP) is 5.54. The summed E-state index contributed by atoms with van der Waals surface area (Å²) in [7, 11) is 0. The van der Waals surface area contributed by atoms with Gasteiger partial charge in [-0.15, -0.1) is 11.3 Å². The minimum absolute atomic E-state index is 0.728. The first-order chi connectivity index (χ1) is 13.3. The Kier molecular flexibility index (Phi) is 4.38. The van der Waals surface area contributed by atoms with E-state index in [1.807, 2.05) is 23.6 Å². The Morgan fingerprint density at radius 2 is 2.00 bits per heavy atom. The molecule has 136 valence electrons. The number of hydrogen-bond acceptors (Lipinski definition) is 4. The van der Waals surface area contributed by atoms with Crippen molar-refractivity contribution < 1.29 is 0 Å². The molecule has 27 heavy (non-hydrogen) atoms. The van der Waals surface area contributed by atoms with Gasteiger partial charge in [0.1, 0.15) is 0 Å². The van der Waals surface area contributed by atoms with Crippen LogP contribution in [0.4, 0.5) is 0 Å². The van der Waals surface area contributed by atoms with Gasteiger partial charge in [0.15, 0.2) is 0 Å². The summed E-state index contributed by atoms with van der Waals surface area (Å²) in [4.78, 5) is 12.1. The van der Waals surface area contributed by atoms with Crippen molar-refractivity contribution in [2.24, 2.45) is 0 Å². The van der Waals surface area contributed by atoms with Crippen LogP contribution in [0.2, 0.25) is 0 Å². The molecule has 2 aromatic carbocycles. The lowest BCUT2D eigenvalue weighted by molar-refractivity contribution is 0.272. The summed E-state index contributed by atoms with van der Waals surface area (Å²) in [6, 6.07) is 17.8. The molecule has 1 atom stereocenters. The molecular formula is C23H23N3S. The van der Waals surface area contributed by atoms with E-state index in [2.05, 4.69) is 59.3 Å². The van der Waals surface area contributed by atoms with Crippen LogP contribution in [0.3, 0.4) is 0 Å². The first kappa shape index (κ1) is 16.8. The third-order valence-corrected chi connectivity index (χ3v) is 6.74. The lowest BCUT2D eigenvalue weighted by Gasteiger charge is -2.19. The number of likely N-dealkylation sites (tertiary alicyclic amines) is 1. The monoisotopic (exact) mass is 373 g/mol. The zero-order valence-electron chi connectivity index (χ0n) is 15.6. The van der Waals surface area contributed by atoms with Gasteiger partial charge >= 0.3 is 0 Å². The summed E-state index contributed by atoms with van der Waals surface area (Å²) in [5.74, 6) is 0. The average molecular weight is 374 g/mol. The third-order valence-electron chi connectivity index (χ3n) is 5.66. The molecule has 0 radical (unpaired) electrons. The van der Waals surface area contributed by atoms with Gasteiger partial charge in [-0.3, -0.25) is 4.98 Å². The molecule has 1 aliphatic rings. The van der Waals surface area contributed by atoms with E-state index in [9.17, 15) is 0 Å². The van der Waals surface area contributed by atoms with E-state index in [1.54, 1.807) is 0 Å². The Balaban J connectivity index is 1.41. The van der Waals surface area contributed by atoms with Crippen molar-refractivity contribution in [3.05, 3.63) is 59.7 Å². The van der Waals surface area contributed by atoms with Gasteiger partial charge in [0.25, 0.3) is 0 Å². The van der Waals surface area contributed by atoms with E-state index in [-0.39, 0.29) is 0 Å². The molecule has 3 heterocycles. The van der Waals surface area contributed by atoms with Crippen LogP contribution in [0, 0.1) is 0 Å². The minimum Gasteiger partial charge on any atom is -0.300 e. The van der Waals surface area contributed by atoms with Crippen LogP contribution in [0.5, 0.6) is 0 Å². The fraction of sp³-hybridized carbons (Fsp3) is 0.304. The fourth-order valence-electron chi connectivity index (χ4n) is 4.05. The first-order valence-electron chi connectivity index (χ1n) is 9.75. The van der Waals surface area contributed by atoms with Crippen molar-refractivity contribution in [3.8, 4) is 11.1 Å². The van der Waals surface area contributed by atoms with E-state index in [4.69, 9.17) is 4.98 Å². The molecule has 1 fully saturated rings. The van der Waals surface area contributed by atoms with Gasteiger partial charge in [-0.2, -0.15) is 0 Å². The maximum atomic E-state index is 4.86. The Morgan fingerprint density at radius 3 is 2.89 bits per heavy atom. The third kappa shape index (κ3) is 3.35. The molecule has 2 aromatic heterocycles. The van der Waals surface area contributed by atoms with Gasteiger partial charge in [0.05, 0.1) is 20.7 Å². The second kappa shape index (κ2) is 7.02. The van der Waals surface area contributed by atoms with Gasteiger partial charge < -0.3 is 4.90 Å². The van der Waals surface area contributed by atoms with Gasteiger partial charge in [-0.1, -0.05) is 24.3 Å². The Bertz CT molecular complexity index is 1100. The van der Waals surface area contributed by atoms with Crippen molar-refractivity contribution in [3.63, 3.8) is 0 Å². The molecule has 0 saturated carbocycles. The van der Waals surface area contributed by atoms with E-state index in [1.165, 1.54) is 40.0 Å². The van der Waals surface area contributed by atoms with E-state index in [0.29, 0.717) is 0 Å². The van der Waals surface area contributed by atoms with Crippen LogP contribution in [-0.4, -0.2) is 34.0 Å². The van der Waals surface area contributed by atoms with Crippen molar-refractivity contribution in [1.29, 1.82) is 0 Å². The normalized spacial score (nSPS) is 17.9. The van der Waals surface area contributed by atoms with Gasteiger partial charge in [0.2, 0.25) is 0 Å². The molecule has 1 aliphatic heterocycles. The maximum Gasteiger partial charge on any atom is 0.0951 e. The van der Waals surface area contributed by atoms with Gasteiger partial charge in [-0.05, 0) is 56.1 Å². The second-order valence-electron chi connectivity index (χ2n) is 7.48. The standard InChI is InChI=1S/C23H23N3S/c1-16-5-4-11-26(16)12-10-23-25-21-9-8-17(14-22(21)27-23)19-13-18-6-2-3-7-20(18)24-15-19/h2-3,6-9,13-16H,4-5,10-12H2,1H3/t16-/m1/s1. The molecule has 5 rings (SSSR count). The van der Waals surface area contributed by atoms with Gasteiger partial charge in [-0.25, -0.2) is 4.98 Å². The zero-order valence-corrected chi connectivity index (χ0v) is 16.4. The molecule has 0 N–H and O–H groups in total. The SMILES string of the molecule is C[C@@H]1CCCN1CCc1nc2ccc(-c3cnc4ccccc4c3)cc2s1. The number of aromatic nitrogens is 2. The van der Waals surface area contributed by atoms with Crippen molar-refractivity contribution in [2.45, 2.75) is 32.2 Å². The number of hydrogen-bond donors (Lipinski definition) is 0. The number of nitrogens with zero attached hydrogens (tertiary/aromatic N) is 3. The zero-order chi connectivity index (χ0) is 18.2. The van der Waals surface area contributed by atoms with Crippen molar-refractivity contribution in [2.75, 3.05) is 13.1 Å². The lowest BCUT2D eigenvalue weighted by Crippen LogP contribution is -2.28. The first-order valence-corrected chi connectivity index (χ1v) is 10.6. The molecule has 0 unspecified atom stereocenters. The Labute approximate surface area is 163 Å². The maximum absolute atomic E-state index is 4.86. The number of rotatable bonds is 4. The summed E-state index contributed by atoms with van der Waals surface area (Å²) in [5, 5.41) is 2.43. The highest BCUT2D eigenvalue weighted by Crippen LogP contribution is 2.30. The molecule has 1 saturated heterocycles. The molecule has 3 nitrogen and oxygen atoms in total. The minimum atomic E-state index is 0.728. The lowest BCUT2D eigenvalue weighted by atomic mass is 10.1. The smallest absolute Gasteiger partial charge is 0.0951 e. The van der Waals surface area contributed by atoms with Crippen LogP contribution in [0.25, 0.3) is 32.2 Å². The predicted molar refractivity (Wildman–Crippen MR) is 114 cm³/mol. The van der Waals surface area contributed by atoms with Crippen LogP contribution < -0.4 is 0 Å². The molecule has 4 aromatic rings. The molecule has 0 bridgehead atoms. The van der Waals surface area contributed by atoms with Crippen LogP contribution >= 0.6 is 11.3 Å². The number of para-hydroxylation sites is 1. The van der Waals surface area contributed by atoms with Crippen LogP contribution in [0.15, 0.2) is 54.7 Å². The highest BCUT2D eigenvalue weighted by molar-refractivity contribution is 7.18. The molecule has 0 spiro atoms. The number of pyridine rings is 1. The fourth-order valence-corrected chi connectivity index (χ4v) is 5.05. The van der Waals surface area contributed by atoms with Gasteiger partial charge in [0, 0.05) is 36.2 Å². The molecule has 0 amide bonds. The van der Waals surface area contributed by atoms with E-state index >= 15 is 0 Å². The van der Waals surface area contributed by atoms with Crippen molar-refractivity contribution in [1.82, 2.24) is 14.9 Å². The quantitative estimate of drug-likeness (QED) is 0.470. The summed E-state index contributed by atoms with van der Waals surface area (Å²) >= 11 is 1.84.